The topological polar surface area (TPSA) is 107 Å². The summed E-state index contributed by atoms with van der Waals surface area (Å²) in [4.78, 5) is 11.6. The van der Waals surface area contributed by atoms with Crippen molar-refractivity contribution in [1.82, 2.24) is 0 Å². The van der Waals surface area contributed by atoms with E-state index in [1.165, 1.54) is 24.3 Å². The van der Waals surface area contributed by atoms with Crippen LogP contribution < -0.4 is 0 Å². The number of rotatable bonds is 2. The predicted octanol–water partition coefficient (Wildman–Crippen LogP) is 2.35. The molecule has 4 N–H and O–H groups in total. The normalized spacial score (nSPS) is 13.4. The summed E-state index contributed by atoms with van der Waals surface area (Å²) in [6.45, 7) is -0.0406. The Hall–Kier alpha value is -3.15. The van der Waals surface area contributed by atoms with Gasteiger partial charge in [0.05, 0.1) is 0 Å². The first-order chi connectivity index (χ1) is 10.5. The largest absolute Gasteiger partial charge is 0.508 e. The molecule has 3 rings (SSSR count). The molecule has 0 unspecified atom stereocenters. The molecule has 1 aliphatic rings. The predicted molar refractivity (Wildman–Crippen MR) is 77.6 cm³/mol. The number of hydrogen-bond acceptors (Lipinski definition) is 6. The van der Waals surface area contributed by atoms with Crippen molar-refractivity contribution >= 4 is 18.1 Å². The molecule has 0 fully saturated rings. The molecule has 0 atom stereocenters. The van der Waals surface area contributed by atoms with Gasteiger partial charge in [0.25, 0.3) is 0 Å². The number of phenolic OH excluding ortho intramolecular Hbond substituents is 4. The van der Waals surface area contributed by atoms with Gasteiger partial charge in [0.2, 0.25) is 0 Å². The fraction of sp³-hybridized carbons (Fsp3) is 0.0625. The molecule has 0 bridgehead atoms. The molecule has 0 aromatic heterocycles. The van der Waals surface area contributed by atoms with Crippen molar-refractivity contribution in [3.05, 3.63) is 46.5 Å². The highest BCUT2D eigenvalue weighted by Gasteiger charge is 2.29. The van der Waals surface area contributed by atoms with Crippen LogP contribution in [-0.4, -0.2) is 26.4 Å². The Kier molecular flexibility index (Phi) is 3.14. The van der Waals surface area contributed by atoms with Crippen LogP contribution in [0.4, 0.5) is 0 Å². The standard InChI is InChI=1S/C16H12O6/c17-9-3-8(4-10(18)5-9)1-2-11-12-7-22-16(21)15(12)14(20)6-13(11)19/h1-6,17-20H,7H2/b2-1+. The third-order valence-electron chi connectivity index (χ3n) is 3.35. The lowest BCUT2D eigenvalue weighted by atomic mass is 9.99. The molecular weight excluding hydrogens is 288 g/mol. The van der Waals surface area contributed by atoms with Crippen LogP contribution >= 0.6 is 0 Å². The van der Waals surface area contributed by atoms with Gasteiger partial charge in [-0.2, -0.15) is 0 Å². The van der Waals surface area contributed by atoms with Crippen LogP contribution in [0.5, 0.6) is 23.0 Å². The van der Waals surface area contributed by atoms with E-state index >= 15 is 0 Å². The van der Waals surface area contributed by atoms with Gasteiger partial charge in [-0.05, 0) is 17.7 Å². The number of ether oxygens (including phenoxy) is 1. The number of benzene rings is 2. The van der Waals surface area contributed by atoms with E-state index in [9.17, 15) is 25.2 Å². The Balaban J connectivity index is 2.06. The molecule has 0 radical (unpaired) electrons. The van der Waals surface area contributed by atoms with Crippen molar-refractivity contribution in [3.8, 4) is 23.0 Å². The molecule has 6 heteroatoms. The SMILES string of the molecule is O=C1OCc2c(/C=C/c3cc(O)cc(O)c3)c(O)cc(O)c21. The second kappa shape index (κ2) is 5.00. The summed E-state index contributed by atoms with van der Waals surface area (Å²) in [6.07, 6.45) is 3.07. The van der Waals surface area contributed by atoms with Gasteiger partial charge in [0.15, 0.2) is 0 Å². The van der Waals surface area contributed by atoms with Crippen molar-refractivity contribution in [2.75, 3.05) is 0 Å². The Morgan fingerprint density at radius 3 is 2.27 bits per heavy atom. The van der Waals surface area contributed by atoms with Crippen LogP contribution in [-0.2, 0) is 11.3 Å². The van der Waals surface area contributed by atoms with Gasteiger partial charge in [-0.15, -0.1) is 0 Å². The van der Waals surface area contributed by atoms with Crippen LogP contribution in [0, 0.1) is 0 Å². The number of fused-ring (bicyclic) bond motifs is 1. The molecule has 2 aromatic carbocycles. The first-order valence-corrected chi connectivity index (χ1v) is 6.41. The number of carbonyl (C=O) groups excluding carboxylic acids is 1. The van der Waals surface area contributed by atoms with Crippen LogP contribution in [0.25, 0.3) is 12.2 Å². The van der Waals surface area contributed by atoms with E-state index in [1.807, 2.05) is 0 Å². The first kappa shape index (κ1) is 13.8. The lowest BCUT2D eigenvalue weighted by Crippen LogP contribution is -1.95. The third kappa shape index (κ3) is 2.31. The average Bonchev–Trinajstić information content (AvgIpc) is 2.80. The van der Waals surface area contributed by atoms with E-state index in [1.54, 1.807) is 6.08 Å². The third-order valence-corrected chi connectivity index (χ3v) is 3.35. The molecular formula is C16H12O6. The lowest BCUT2D eigenvalue weighted by Gasteiger charge is -2.06. The number of hydrogen-bond donors (Lipinski definition) is 4. The van der Waals surface area contributed by atoms with Crippen LogP contribution in [0.15, 0.2) is 24.3 Å². The molecule has 2 aromatic rings. The zero-order valence-corrected chi connectivity index (χ0v) is 11.3. The van der Waals surface area contributed by atoms with Gasteiger partial charge in [-0.1, -0.05) is 12.2 Å². The molecule has 0 aliphatic carbocycles. The van der Waals surface area contributed by atoms with E-state index in [0.717, 1.165) is 6.07 Å². The second-order valence-corrected chi connectivity index (χ2v) is 4.87. The Morgan fingerprint density at radius 1 is 0.909 bits per heavy atom. The van der Waals surface area contributed by atoms with Crippen molar-refractivity contribution in [1.29, 1.82) is 0 Å². The van der Waals surface area contributed by atoms with Crippen LogP contribution in [0.3, 0.4) is 0 Å². The van der Waals surface area contributed by atoms with Crippen molar-refractivity contribution in [2.45, 2.75) is 6.61 Å². The van der Waals surface area contributed by atoms with Gasteiger partial charge in [0, 0.05) is 23.3 Å². The number of esters is 1. The Morgan fingerprint density at radius 2 is 1.59 bits per heavy atom. The van der Waals surface area contributed by atoms with Gasteiger partial charge in [-0.3, -0.25) is 0 Å². The molecule has 0 spiro atoms. The minimum Gasteiger partial charge on any atom is -0.508 e. The lowest BCUT2D eigenvalue weighted by molar-refractivity contribution is 0.0533. The molecule has 112 valence electrons. The number of carbonyl (C=O) groups is 1. The number of aromatic hydroxyl groups is 4. The summed E-state index contributed by atoms with van der Waals surface area (Å²) < 4.78 is 4.87. The molecule has 0 amide bonds. The molecule has 6 nitrogen and oxygen atoms in total. The monoisotopic (exact) mass is 300 g/mol. The number of cyclic esters (lactones) is 1. The highest BCUT2D eigenvalue weighted by Crippen LogP contribution is 2.38. The molecule has 0 saturated carbocycles. The summed E-state index contributed by atoms with van der Waals surface area (Å²) >= 11 is 0. The highest BCUT2D eigenvalue weighted by molar-refractivity contribution is 5.98. The van der Waals surface area contributed by atoms with E-state index < -0.39 is 5.97 Å². The van der Waals surface area contributed by atoms with Crippen molar-refractivity contribution < 1.29 is 30.0 Å². The summed E-state index contributed by atoms with van der Waals surface area (Å²) in [5, 5.41) is 38.5. The maximum absolute atomic E-state index is 11.6. The van der Waals surface area contributed by atoms with Crippen molar-refractivity contribution in [2.24, 2.45) is 0 Å². The first-order valence-electron chi connectivity index (χ1n) is 6.41. The van der Waals surface area contributed by atoms with Crippen molar-refractivity contribution in [3.63, 3.8) is 0 Å². The van der Waals surface area contributed by atoms with Gasteiger partial charge >= 0.3 is 5.97 Å². The Labute approximate surface area is 125 Å². The molecule has 1 heterocycles. The fourth-order valence-electron chi connectivity index (χ4n) is 2.39. The maximum Gasteiger partial charge on any atom is 0.342 e. The second-order valence-electron chi connectivity index (χ2n) is 4.87. The summed E-state index contributed by atoms with van der Waals surface area (Å²) in [6, 6.07) is 5.12. The minimum absolute atomic E-state index is 0.0382. The smallest absolute Gasteiger partial charge is 0.342 e. The maximum atomic E-state index is 11.6. The molecule has 1 aliphatic heterocycles. The van der Waals surface area contributed by atoms with E-state index in [4.69, 9.17) is 4.74 Å². The van der Waals surface area contributed by atoms with Gasteiger partial charge in [0.1, 0.15) is 35.2 Å². The molecule has 22 heavy (non-hydrogen) atoms. The van der Waals surface area contributed by atoms with E-state index in [2.05, 4.69) is 0 Å². The zero-order valence-electron chi connectivity index (χ0n) is 11.3. The fourth-order valence-corrected chi connectivity index (χ4v) is 2.39. The van der Waals surface area contributed by atoms with Crippen LogP contribution in [0.2, 0.25) is 0 Å². The van der Waals surface area contributed by atoms with Gasteiger partial charge < -0.3 is 25.2 Å². The van der Waals surface area contributed by atoms with Gasteiger partial charge in [-0.25, -0.2) is 4.79 Å². The van der Waals surface area contributed by atoms with E-state index in [-0.39, 0.29) is 35.2 Å². The Bertz CT molecular complexity index is 787. The molecule has 0 saturated heterocycles. The highest BCUT2D eigenvalue weighted by atomic mass is 16.5. The van der Waals surface area contributed by atoms with E-state index in [0.29, 0.717) is 16.7 Å². The quantitative estimate of drug-likeness (QED) is 0.501. The number of phenols is 4. The summed E-state index contributed by atoms with van der Waals surface area (Å²) in [5.41, 5.74) is 1.27. The van der Waals surface area contributed by atoms with Crippen LogP contribution in [0.1, 0.15) is 27.0 Å². The minimum atomic E-state index is -0.642. The summed E-state index contributed by atoms with van der Waals surface area (Å²) in [7, 11) is 0. The average molecular weight is 300 g/mol. The zero-order chi connectivity index (χ0) is 15.9. The summed E-state index contributed by atoms with van der Waals surface area (Å²) in [5.74, 6) is -1.37.